The lowest BCUT2D eigenvalue weighted by Crippen LogP contribution is -2.38. The van der Waals surface area contributed by atoms with Crippen LogP contribution in [-0.2, 0) is 19.2 Å². The molecule has 12 nitrogen and oxygen atoms in total. The van der Waals surface area contributed by atoms with Crippen LogP contribution in [0.4, 0.5) is 0 Å². The van der Waals surface area contributed by atoms with E-state index in [1.807, 2.05) is 41.5 Å². The molecule has 0 rings (SSSR count). The van der Waals surface area contributed by atoms with Crippen LogP contribution >= 0.6 is 0 Å². The van der Waals surface area contributed by atoms with Crippen molar-refractivity contribution in [3.8, 4) is 0 Å². The summed E-state index contributed by atoms with van der Waals surface area (Å²) < 4.78 is 0. The highest BCUT2D eigenvalue weighted by Crippen LogP contribution is 2.18. The van der Waals surface area contributed by atoms with E-state index < -0.39 is 0 Å². The topological polar surface area (TPSA) is 184 Å². The molecule has 0 fully saturated rings. The zero-order valence-corrected chi connectivity index (χ0v) is 26.5. The van der Waals surface area contributed by atoms with Crippen molar-refractivity contribution in [3.63, 3.8) is 0 Å². The van der Waals surface area contributed by atoms with Gasteiger partial charge in [-0.3, -0.25) is 24.2 Å². The van der Waals surface area contributed by atoms with Gasteiger partial charge in [0.2, 0.25) is 23.6 Å². The smallest absolute Gasteiger partial charge is 0.223 e. The first-order valence-corrected chi connectivity index (χ1v) is 14.9. The van der Waals surface area contributed by atoms with Crippen molar-refractivity contribution in [1.29, 1.82) is 0 Å². The minimum absolute atomic E-state index is 0.00486. The van der Waals surface area contributed by atoms with E-state index >= 15 is 0 Å². The number of carbonyl (C=O) groups is 4. The molecule has 0 aromatic carbocycles. The fourth-order valence-corrected chi connectivity index (χ4v) is 3.89. The molecule has 0 bridgehead atoms. The molecule has 8 N–H and O–H groups in total. The van der Waals surface area contributed by atoms with Crippen molar-refractivity contribution in [2.24, 2.45) is 27.3 Å². The van der Waals surface area contributed by atoms with Gasteiger partial charge in [-0.2, -0.15) is 0 Å². The summed E-state index contributed by atoms with van der Waals surface area (Å²) >= 11 is 0. The minimum Gasteiger partial charge on any atom is -0.370 e. The second kappa shape index (κ2) is 20.9. The average molecular weight is 583 g/mol. The number of hydrogen-bond acceptors (Lipinski definition) is 6. The van der Waals surface area contributed by atoms with Crippen LogP contribution in [0.5, 0.6) is 0 Å². The van der Waals surface area contributed by atoms with Gasteiger partial charge in [0.25, 0.3) is 0 Å². The molecule has 0 heterocycles. The summed E-state index contributed by atoms with van der Waals surface area (Å²) in [5.41, 5.74) is 10.4. The van der Waals surface area contributed by atoms with Gasteiger partial charge in [0.15, 0.2) is 5.96 Å². The third kappa shape index (κ3) is 25.8. The zero-order chi connectivity index (χ0) is 31.3. The number of carbonyl (C=O) groups excluding carboxylic acids is 4. The van der Waals surface area contributed by atoms with Crippen LogP contribution in [0.2, 0.25) is 0 Å². The van der Waals surface area contributed by atoms with Crippen LogP contribution < -0.4 is 32.7 Å². The molecule has 0 aliphatic rings. The Balaban J connectivity index is 4.50. The Morgan fingerprint density at radius 1 is 0.634 bits per heavy atom. The number of hydrogen-bond donors (Lipinski definition) is 6. The van der Waals surface area contributed by atoms with Gasteiger partial charge in [-0.1, -0.05) is 41.5 Å². The summed E-state index contributed by atoms with van der Waals surface area (Å²) in [6.07, 6.45) is 3.94. The lowest BCUT2D eigenvalue weighted by atomic mass is 9.92. The molecule has 41 heavy (non-hydrogen) atoms. The van der Waals surface area contributed by atoms with Gasteiger partial charge >= 0.3 is 0 Å². The van der Waals surface area contributed by atoms with Gasteiger partial charge in [0.05, 0.1) is 0 Å². The van der Waals surface area contributed by atoms with E-state index in [1.54, 1.807) is 4.90 Å². The van der Waals surface area contributed by atoms with Crippen molar-refractivity contribution >= 4 is 29.6 Å². The normalized spacial score (nSPS) is 11.5. The van der Waals surface area contributed by atoms with E-state index in [0.717, 1.165) is 25.9 Å². The Bertz CT molecular complexity index is 779. The van der Waals surface area contributed by atoms with Crippen LogP contribution in [-0.4, -0.2) is 86.8 Å². The van der Waals surface area contributed by atoms with Crippen LogP contribution in [0, 0.1) is 10.8 Å². The van der Waals surface area contributed by atoms with Gasteiger partial charge in [0, 0.05) is 65.0 Å². The highest BCUT2D eigenvalue weighted by molar-refractivity contribution is 5.83. The molecule has 0 radical (unpaired) electrons. The first kappa shape index (κ1) is 38.1. The summed E-state index contributed by atoms with van der Waals surface area (Å²) in [7, 11) is 0. The Morgan fingerprint density at radius 2 is 1.10 bits per heavy atom. The lowest BCUT2D eigenvalue weighted by molar-refractivity contribution is -0.133. The van der Waals surface area contributed by atoms with E-state index in [2.05, 4.69) is 26.3 Å². The predicted molar refractivity (Wildman–Crippen MR) is 165 cm³/mol. The average Bonchev–Trinajstić information content (AvgIpc) is 2.82. The van der Waals surface area contributed by atoms with Crippen molar-refractivity contribution in [3.05, 3.63) is 0 Å². The highest BCUT2D eigenvalue weighted by atomic mass is 16.2. The molecule has 0 spiro atoms. The molecule has 0 saturated carbocycles. The maximum absolute atomic E-state index is 13.0. The lowest BCUT2D eigenvalue weighted by Gasteiger charge is -2.24. The summed E-state index contributed by atoms with van der Waals surface area (Å²) in [5, 5.41) is 12.0. The predicted octanol–water partition coefficient (Wildman–Crippen LogP) is 1.24. The molecule has 0 atom stereocenters. The first-order valence-electron chi connectivity index (χ1n) is 14.9. The van der Waals surface area contributed by atoms with E-state index in [0.29, 0.717) is 65.0 Å². The van der Waals surface area contributed by atoms with Gasteiger partial charge in [-0.25, -0.2) is 0 Å². The second-order valence-corrected chi connectivity index (χ2v) is 12.9. The molecular weight excluding hydrogens is 524 g/mol. The fourth-order valence-electron chi connectivity index (χ4n) is 3.89. The van der Waals surface area contributed by atoms with Gasteiger partial charge in [0.1, 0.15) is 0 Å². The number of nitrogens with one attached hydrogen (secondary N) is 4. The SMILES string of the molecule is CC(C)(C)CC(=O)NCCCN(CCCNC(=O)CC(C)(C)C)C(=O)CCC(=O)NCCCNCCCN=C(N)N. The minimum atomic E-state index is -0.157. The maximum atomic E-state index is 13.0. The maximum Gasteiger partial charge on any atom is 0.223 e. The first-order chi connectivity index (χ1) is 19.1. The van der Waals surface area contributed by atoms with Gasteiger partial charge in [-0.05, 0) is 49.6 Å². The number of rotatable bonds is 21. The van der Waals surface area contributed by atoms with Crippen molar-refractivity contribution in [1.82, 2.24) is 26.2 Å². The third-order valence-electron chi connectivity index (χ3n) is 5.81. The largest absolute Gasteiger partial charge is 0.370 e. The molecular formula is C29H58N8O4. The molecule has 238 valence electrons. The van der Waals surface area contributed by atoms with Crippen LogP contribution in [0.3, 0.4) is 0 Å². The van der Waals surface area contributed by atoms with Crippen molar-refractivity contribution < 1.29 is 19.2 Å². The van der Waals surface area contributed by atoms with Gasteiger partial charge in [-0.15, -0.1) is 0 Å². The van der Waals surface area contributed by atoms with E-state index in [9.17, 15) is 19.2 Å². The summed E-state index contributed by atoms with van der Waals surface area (Å²) in [4.78, 5) is 55.1. The Labute approximate surface area is 247 Å². The Kier molecular flexibility index (Phi) is 19.4. The zero-order valence-electron chi connectivity index (χ0n) is 26.5. The molecule has 0 aliphatic carbocycles. The fraction of sp³-hybridized carbons (Fsp3) is 0.828. The Morgan fingerprint density at radius 3 is 1.59 bits per heavy atom. The molecule has 0 aliphatic heterocycles. The number of nitrogens with two attached hydrogens (primary N) is 2. The third-order valence-corrected chi connectivity index (χ3v) is 5.81. The van der Waals surface area contributed by atoms with Crippen LogP contribution in [0.1, 0.15) is 92.9 Å². The number of amides is 4. The quantitative estimate of drug-likeness (QED) is 0.0668. The number of guanidine groups is 1. The van der Waals surface area contributed by atoms with E-state index in [4.69, 9.17) is 11.5 Å². The molecule has 0 aromatic heterocycles. The molecule has 4 amide bonds. The van der Waals surface area contributed by atoms with Crippen molar-refractivity contribution in [2.45, 2.75) is 92.9 Å². The van der Waals surface area contributed by atoms with E-state index in [1.165, 1.54) is 0 Å². The summed E-state index contributed by atoms with van der Waals surface area (Å²) in [6, 6.07) is 0. The van der Waals surface area contributed by atoms with Crippen molar-refractivity contribution in [2.75, 3.05) is 52.4 Å². The summed E-state index contributed by atoms with van der Waals surface area (Å²) in [6.45, 7) is 16.6. The Hall–Kier alpha value is -2.89. The molecule has 0 aromatic rings. The monoisotopic (exact) mass is 582 g/mol. The summed E-state index contributed by atoms with van der Waals surface area (Å²) in [5.74, 6) is -0.182. The standard InChI is InChI=1S/C29H58N8O4/c1-28(2,3)21-24(39)34-17-9-19-37(20-10-18-35-25(40)22-29(4,5)6)26(41)12-11-23(38)33-15-7-13-32-14-8-16-36-27(30)31/h32H,7-22H2,1-6H3,(H,33,38)(H,34,39)(H,35,40)(H4,30,31,36). The molecule has 0 saturated heterocycles. The van der Waals surface area contributed by atoms with E-state index in [-0.39, 0.29) is 53.3 Å². The number of nitrogens with zero attached hydrogens (tertiary/aromatic N) is 2. The number of aliphatic imine (C=N–C) groups is 1. The molecule has 0 unspecified atom stereocenters. The molecule has 12 heteroatoms. The highest BCUT2D eigenvalue weighted by Gasteiger charge is 2.18. The van der Waals surface area contributed by atoms with Gasteiger partial charge < -0.3 is 37.6 Å². The second-order valence-electron chi connectivity index (χ2n) is 12.9. The van der Waals surface area contributed by atoms with Crippen LogP contribution in [0.15, 0.2) is 4.99 Å². The van der Waals surface area contributed by atoms with Crippen LogP contribution in [0.25, 0.3) is 0 Å².